The SMILES string of the molecule is C#CC1(CC(C=C)OC(C)=O)c2cc3c(cc2CCN1CC=C)OCO3.Cl. The Morgan fingerprint density at radius 2 is 2.15 bits per heavy atom. The maximum Gasteiger partial charge on any atom is 0.303 e. The van der Waals surface area contributed by atoms with E-state index in [9.17, 15) is 4.79 Å². The van der Waals surface area contributed by atoms with Crippen LogP contribution < -0.4 is 9.47 Å². The Morgan fingerprint density at radius 3 is 2.74 bits per heavy atom. The molecule has 5 nitrogen and oxygen atoms in total. The third kappa shape index (κ3) is 3.83. The topological polar surface area (TPSA) is 48.0 Å². The number of benzene rings is 1. The van der Waals surface area contributed by atoms with Crippen molar-refractivity contribution < 1.29 is 19.0 Å². The van der Waals surface area contributed by atoms with Crippen molar-refractivity contribution in [3.8, 4) is 23.8 Å². The van der Waals surface area contributed by atoms with Gasteiger partial charge in [-0.05, 0) is 29.7 Å². The molecule has 6 heteroatoms. The summed E-state index contributed by atoms with van der Waals surface area (Å²) in [5.74, 6) is 4.05. The van der Waals surface area contributed by atoms with Crippen LogP contribution in [0.2, 0.25) is 0 Å². The van der Waals surface area contributed by atoms with Crippen LogP contribution in [0.3, 0.4) is 0 Å². The van der Waals surface area contributed by atoms with Gasteiger partial charge in [0.2, 0.25) is 6.79 Å². The largest absolute Gasteiger partial charge is 0.458 e. The molecule has 0 N–H and O–H groups in total. The zero-order valence-electron chi connectivity index (χ0n) is 15.4. The van der Waals surface area contributed by atoms with Gasteiger partial charge in [0, 0.05) is 26.4 Å². The fraction of sp³-hybridized carbons (Fsp3) is 0.381. The number of esters is 1. The summed E-state index contributed by atoms with van der Waals surface area (Å²) >= 11 is 0. The normalized spacial score (nSPS) is 21.2. The summed E-state index contributed by atoms with van der Waals surface area (Å²) < 4.78 is 16.5. The molecule has 0 aliphatic carbocycles. The van der Waals surface area contributed by atoms with E-state index >= 15 is 0 Å². The van der Waals surface area contributed by atoms with Gasteiger partial charge >= 0.3 is 5.97 Å². The molecule has 1 aromatic carbocycles. The fourth-order valence-corrected chi connectivity index (χ4v) is 3.74. The van der Waals surface area contributed by atoms with Crippen LogP contribution in [0.15, 0.2) is 37.4 Å². The number of halogens is 1. The molecule has 2 atom stereocenters. The lowest BCUT2D eigenvalue weighted by Gasteiger charge is -2.45. The molecule has 2 heterocycles. The highest BCUT2D eigenvalue weighted by atomic mass is 35.5. The molecular weight excluding hydrogens is 366 g/mol. The summed E-state index contributed by atoms with van der Waals surface area (Å²) in [7, 11) is 0. The Labute approximate surface area is 166 Å². The zero-order valence-corrected chi connectivity index (χ0v) is 16.2. The Hall–Kier alpha value is -2.42. The van der Waals surface area contributed by atoms with E-state index in [0.29, 0.717) is 18.7 Å². The lowest BCUT2D eigenvalue weighted by atomic mass is 9.77. The molecule has 0 fully saturated rings. The molecule has 0 spiro atoms. The molecule has 0 saturated heterocycles. The predicted octanol–water partition coefficient (Wildman–Crippen LogP) is 3.22. The lowest BCUT2D eigenvalue weighted by molar-refractivity contribution is -0.145. The minimum absolute atomic E-state index is 0. The quantitative estimate of drug-likeness (QED) is 0.424. The van der Waals surface area contributed by atoms with Crippen molar-refractivity contribution in [3.05, 3.63) is 48.6 Å². The maximum atomic E-state index is 11.5. The van der Waals surface area contributed by atoms with Crippen molar-refractivity contribution in [3.63, 3.8) is 0 Å². The van der Waals surface area contributed by atoms with Gasteiger partial charge in [0.15, 0.2) is 11.5 Å². The smallest absolute Gasteiger partial charge is 0.303 e. The number of rotatable bonds is 6. The highest BCUT2D eigenvalue weighted by molar-refractivity contribution is 5.85. The molecule has 27 heavy (non-hydrogen) atoms. The molecule has 2 unspecified atom stereocenters. The van der Waals surface area contributed by atoms with Gasteiger partial charge in [0.05, 0.1) is 0 Å². The average Bonchev–Trinajstić information content (AvgIpc) is 3.08. The van der Waals surface area contributed by atoms with Crippen LogP contribution in [0, 0.1) is 12.3 Å². The second-order valence-electron chi connectivity index (χ2n) is 6.44. The number of fused-ring (bicyclic) bond motifs is 2. The molecule has 0 aromatic heterocycles. The maximum absolute atomic E-state index is 11.5. The lowest BCUT2D eigenvalue weighted by Crippen LogP contribution is -2.51. The van der Waals surface area contributed by atoms with E-state index in [1.165, 1.54) is 6.92 Å². The Morgan fingerprint density at radius 1 is 1.44 bits per heavy atom. The second kappa shape index (κ2) is 8.51. The van der Waals surface area contributed by atoms with Crippen molar-refractivity contribution in [2.45, 2.75) is 31.4 Å². The van der Waals surface area contributed by atoms with Crippen LogP contribution in [0.4, 0.5) is 0 Å². The number of hydrogen-bond donors (Lipinski definition) is 0. The van der Waals surface area contributed by atoms with Gasteiger partial charge in [-0.2, -0.15) is 0 Å². The molecular formula is C21H24ClNO4. The first-order valence-electron chi connectivity index (χ1n) is 8.60. The van der Waals surface area contributed by atoms with Crippen molar-refractivity contribution in [2.24, 2.45) is 0 Å². The Kier molecular flexibility index (Phi) is 6.59. The van der Waals surface area contributed by atoms with Gasteiger partial charge in [0.1, 0.15) is 11.6 Å². The molecule has 2 aliphatic rings. The van der Waals surface area contributed by atoms with E-state index < -0.39 is 11.6 Å². The van der Waals surface area contributed by atoms with E-state index in [1.807, 2.05) is 18.2 Å². The van der Waals surface area contributed by atoms with Crippen molar-refractivity contribution in [1.29, 1.82) is 0 Å². The van der Waals surface area contributed by atoms with Gasteiger partial charge in [-0.15, -0.1) is 25.4 Å². The van der Waals surface area contributed by atoms with E-state index in [0.717, 1.165) is 29.8 Å². The first-order valence-corrected chi connectivity index (χ1v) is 8.60. The van der Waals surface area contributed by atoms with Crippen LogP contribution in [0.25, 0.3) is 0 Å². The fourth-order valence-electron chi connectivity index (χ4n) is 3.74. The summed E-state index contributed by atoms with van der Waals surface area (Å²) in [6, 6.07) is 3.96. The summed E-state index contributed by atoms with van der Waals surface area (Å²) in [4.78, 5) is 13.7. The Bertz CT molecular complexity index is 785. The molecule has 144 valence electrons. The molecule has 0 amide bonds. The third-order valence-corrected chi connectivity index (χ3v) is 4.90. The van der Waals surface area contributed by atoms with E-state index in [-0.39, 0.29) is 25.2 Å². The average molecular weight is 390 g/mol. The van der Waals surface area contributed by atoms with E-state index in [2.05, 4.69) is 24.0 Å². The van der Waals surface area contributed by atoms with Gasteiger partial charge in [-0.1, -0.05) is 24.7 Å². The second-order valence-corrected chi connectivity index (χ2v) is 6.44. The third-order valence-electron chi connectivity index (χ3n) is 4.90. The molecule has 0 saturated carbocycles. The van der Waals surface area contributed by atoms with Gasteiger partial charge in [0.25, 0.3) is 0 Å². The summed E-state index contributed by atoms with van der Waals surface area (Å²) in [6.45, 7) is 10.6. The molecule has 3 rings (SSSR count). The molecule has 0 radical (unpaired) electrons. The predicted molar refractivity (Wildman–Crippen MR) is 106 cm³/mol. The minimum atomic E-state index is -0.753. The highest BCUT2D eigenvalue weighted by Crippen LogP contribution is 2.45. The number of hydrogen-bond acceptors (Lipinski definition) is 5. The standard InChI is InChI=1S/C21H23NO4.ClH/c1-5-9-22-10-8-16-11-19-20(25-14-24-19)12-18(16)21(22,7-3)13-17(6-2)26-15(4)23;/h3,5-6,11-12,17H,1-2,8-10,13-14H2,4H3;1H. The van der Waals surface area contributed by atoms with Gasteiger partial charge < -0.3 is 14.2 Å². The highest BCUT2D eigenvalue weighted by Gasteiger charge is 2.44. The van der Waals surface area contributed by atoms with Crippen LogP contribution in [-0.2, 0) is 21.5 Å². The van der Waals surface area contributed by atoms with Gasteiger partial charge in [-0.25, -0.2) is 0 Å². The number of carbonyl (C=O) groups is 1. The van der Waals surface area contributed by atoms with Crippen molar-refractivity contribution in [1.82, 2.24) is 4.90 Å². The van der Waals surface area contributed by atoms with E-state index in [4.69, 9.17) is 20.6 Å². The van der Waals surface area contributed by atoms with E-state index in [1.54, 1.807) is 6.08 Å². The van der Waals surface area contributed by atoms with Crippen LogP contribution in [0.5, 0.6) is 11.5 Å². The minimum Gasteiger partial charge on any atom is -0.458 e. The molecule has 0 bridgehead atoms. The first kappa shape index (κ1) is 20.9. The van der Waals surface area contributed by atoms with Crippen molar-refractivity contribution >= 4 is 18.4 Å². The van der Waals surface area contributed by atoms with Crippen LogP contribution in [0.1, 0.15) is 24.5 Å². The summed E-state index contributed by atoms with van der Waals surface area (Å²) in [5, 5.41) is 0. The van der Waals surface area contributed by atoms with Crippen LogP contribution in [-0.4, -0.2) is 36.9 Å². The summed E-state index contributed by atoms with van der Waals surface area (Å²) in [5.41, 5.74) is 1.35. The number of terminal acetylenes is 1. The molecule has 1 aromatic rings. The first-order chi connectivity index (χ1) is 12.5. The zero-order chi connectivity index (χ0) is 18.7. The monoisotopic (exact) mass is 389 g/mol. The van der Waals surface area contributed by atoms with Crippen molar-refractivity contribution in [2.75, 3.05) is 19.9 Å². The van der Waals surface area contributed by atoms with Gasteiger partial charge in [-0.3, -0.25) is 9.69 Å². The van der Waals surface area contributed by atoms with Crippen LogP contribution >= 0.6 is 12.4 Å². The summed E-state index contributed by atoms with van der Waals surface area (Å²) in [6.07, 6.45) is 10.3. The number of carbonyl (C=O) groups excluding carboxylic acids is 1. The molecule has 2 aliphatic heterocycles. The Balaban J connectivity index is 0.00000261. The number of ether oxygens (including phenoxy) is 3. The number of nitrogens with zero attached hydrogens (tertiary/aromatic N) is 1.